The molecule has 0 aliphatic rings. The van der Waals surface area contributed by atoms with Crippen LogP contribution in [0.4, 0.5) is 0 Å². The van der Waals surface area contributed by atoms with E-state index in [0.29, 0.717) is 6.54 Å². The highest BCUT2D eigenvalue weighted by Crippen LogP contribution is 1.92. The third kappa shape index (κ3) is 3.89. The molecule has 0 bridgehead atoms. The molecule has 0 rings (SSSR count). The minimum absolute atomic E-state index is 0.0768. The zero-order chi connectivity index (χ0) is 10.4. The number of rotatable bonds is 4. The van der Waals surface area contributed by atoms with Crippen molar-refractivity contribution < 1.29 is 9.59 Å². The quantitative estimate of drug-likeness (QED) is 0.588. The molecule has 5 heteroatoms. The molecule has 2 amide bonds. The van der Waals surface area contributed by atoms with Crippen molar-refractivity contribution in [1.82, 2.24) is 10.2 Å². The van der Waals surface area contributed by atoms with Crippen molar-refractivity contribution in [2.75, 3.05) is 20.1 Å². The highest BCUT2D eigenvalue weighted by atomic mass is 16.2. The van der Waals surface area contributed by atoms with Gasteiger partial charge in [-0.3, -0.25) is 9.59 Å². The van der Waals surface area contributed by atoms with E-state index in [-0.39, 0.29) is 18.4 Å². The molecule has 0 saturated carbocycles. The Labute approximate surface area is 78.3 Å². The summed E-state index contributed by atoms with van der Waals surface area (Å²) in [4.78, 5) is 23.7. The number of hydrogen-bond donors (Lipinski definition) is 2. The molecule has 0 spiro atoms. The molecule has 0 radical (unpaired) electrons. The van der Waals surface area contributed by atoms with Crippen LogP contribution < -0.4 is 11.1 Å². The van der Waals surface area contributed by atoms with Crippen molar-refractivity contribution in [3.63, 3.8) is 0 Å². The topological polar surface area (TPSA) is 75.4 Å². The normalized spacial score (nSPS) is 12.0. The van der Waals surface area contributed by atoms with Gasteiger partial charge in [0.2, 0.25) is 11.8 Å². The molecule has 13 heavy (non-hydrogen) atoms. The van der Waals surface area contributed by atoms with Gasteiger partial charge in [-0.05, 0) is 13.8 Å². The summed E-state index contributed by atoms with van der Waals surface area (Å²) in [6.45, 7) is 3.99. The van der Waals surface area contributed by atoms with Gasteiger partial charge in [-0.25, -0.2) is 0 Å². The van der Waals surface area contributed by atoms with E-state index in [0.717, 1.165) is 0 Å². The maximum absolute atomic E-state index is 11.3. The number of carbonyl (C=O) groups excluding carboxylic acids is 2. The van der Waals surface area contributed by atoms with Crippen LogP contribution >= 0.6 is 0 Å². The van der Waals surface area contributed by atoms with Crippen LogP contribution in [0.2, 0.25) is 0 Å². The first-order chi connectivity index (χ1) is 6.02. The van der Waals surface area contributed by atoms with Gasteiger partial charge in [0.25, 0.3) is 0 Å². The van der Waals surface area contributed by atoms with Crippen LogP contribution in [0.15, 0.2) is 0 Å². The van der Waals surface area contributed by atoms with E-state index in [4.69, 9.17) is 5.73 Å². The number of nitrogens with one attached hydrogen (secondary N) is 1. The molecule has 5 nitrogen and oxygen atoms in total. The van der Waals surface area contributed by atoms with Crippen LogP contribution in [0.1, 0.15) is 13.8 Å². The second kappa shape index (κ2) is 5.53. The molecule has 0 saturated heterocycles. The monoisotopic (exact) mass is 187 g/mol. The summed E-state index contributed by atoms with van der Waals surface area (Å²) in [5, 5.41) is 2.45. The van der Waals surface area contributed by atoms with Crippen LogP contribution in [0.3, 0.4) is 0 Å². The van der Waals surface area contributed by atoms with Crippen LogP contribution in [-0.2, 0) is 9.59 Å². The lowest BCUT2D eigenvalue weighted by Gasteiger charge is -2.21. The smallest absolute Gasteiger partial charge is 0.239 e. The van der Waals surface area contributed by atoms with Gasteiger partial charge in [-0.15, -0.1) is 0 Å². The van der Waals surface area contributed by atoms with E-state index in [1.54, 1.807) is 6.92 Å². The van der Waals surface area contributed by atoms with Crippen molar-refractivity contribution in [3.05, 3.63) is 0 Å². The van der Waals surface area contributed by atoms with E-state index < -0.39 is 6.04 Å². The molecule has 0 aromatic heterocycles. The maximum atomic E-state index is 11.3. The second-order valence-corrected chi connectivity index (χ2v) is 2.81. The Morgan fingerprint density at radius 3 is 2.38 bits per heavy atom. The van der Waals surface area contributed by atoms with Crippen LogP contribution in [0, 0.1) is 0 Å². The van der Waals surface area contributed by atoms with Crippen LogP contribution in [-0.4, -0.2) is 42.9 Å². The zero-order valence-electron chi connectivity index (χ0n) is 8.33. The van der Waals surface area contributed by atoms with Crippen molar-refractivity contribution >= 4 is 11.8 Å². The molecule has 0 aromatic carbocycles. The zero-order valence-corrected chi connectivity index (χ0v) is 8.33. The summed E-state index contributed by atoms with van der Waals surface area (Å²) in [5.41, 5.74) is 5.41. The minimum atomic E-state index is -0.551. The van der Waals surface area contributed by atoms with E-state index in [9.17, 15) is 9.59 Å². The average molecular weight is 187 g/mol. The standard InChI is InChI=1S/C8H17N3O2/c1-4-11(5-7(12)10-3)8(13)6(2)9/h6H,4-5,9H2,1-3H3,(H,10,12). The Balaban J connectivity index is 4.18. The van der Waals surface area contributed by atoms with E-state index >= 15 is 0 Å². The number of nitrogens with zero attached hydrogens (tertiary/aromatic N) is 1. The third-order valence-corrected chi connectivity index (χ3v) is 1.70. The molecule has 0 aromatic rings. The Hall–Kier alpha value is -1.10. The minimum Gasteiger partial charge on any atom is -0.358 e. The predicted molar refractivity (Wildman–Crippen MR) is 50.0 cm³/mol. The second-order valence-electron chi connectivity index (χ2n) is 2.81. The van der Waals surface area contributed by atoms with E-state index in [1.165, 1.54) is 11.9 Å². The Kier molecular flexibility index (Phi) is 5.06. The fourth-order valence-corrected chi connectivity index (χ4v) is 0.886. The number of hydrogen-bond acceptors (Lipinski definition) is 3. The molecule has 3 N–H and O–H groups in total. The number of nitrogens with two attached hydrogens (primary N) is 1. The fourth-order valence-electron chi connectivity index (χ4n) is 0.886. The lowest BCUT2D eigenvalue weighted by molar-refractivity contribution is -0.136. The molecule has 1 unspecified atom stereocenters. The first-order valence-corrected chi connectivity index (χ1v) is 4.27. The summed E-state index contributed by atoms with van der Waals surface area (Å²) in [6, 6.07) is -0.551. The fraction of sp³-hybridized carbons (Fsp3) is 0.750. The van der Waals surface area contributed by atoms with Crippen molar-refractivity contribution in [2.45, 2.75) is 19.9 Å². The van der Waals surface area contributed by atoms with Gasteiger partial charge in [-0.1, -0.05) is 0 Å². The highest BCUT2D eigenvalue weighted by Gasteiger charge is 2.17. The molecular formula is C8H17N3O2. The molecule has 76 valence electrons. The third-order valence-electron chi connectivity index (χ3n) is 1.70. The summed E-state index contributed by atoms with van der Waals surface area (Å²) >= 11 is 0. The number of carbonyl (C=O) groups is 2. The SMILES string of the molecule is CCN(CC(=O)NC)C(=O)C(C)N. The van der Waals surface area contributed by atoms with Gasteiger partial charge in [0.15, 0.2) is 0 Å². The maximum Gasteiger partial charge on any atom is 0.239 e. The van der Waals surface area contributed by atoms with Gasteiger partial charge in [0.05, 0.1) is 12.6 Å². The molecule has 0 heterocycles. The summed E-state index contributed by atoms with van der Waals surface area (Å²) in [6.07, 6.45) is 0. The molecular weight excluding hydrogens is 170 g/mol. The summed E-state index contributed by atoms with van der Waals surface area (Å²) in [5.74, 6) is -0.387. The Morgan fingerprint density at radius 1 is 1.54 bits per heavy atom. The predicted octanol–water partition coefficient (Wildman–Crippen LogP) is -1.07. The largest absolute Gasteiger partial charge is 0.358 e. The lowest BCUT2D eigenvalue weighted by atomic mass is 10.3. The van der Waals surface area contributed by atoms with Crippen LogP contribution in [0.5, 0.6) is 0 Å². The molecule has 0 fully saturated rings. The lowest BCUT2D eigenvalue weighted by Crippen LogP contribution is -2.46. The number of likely N-dealkylation sites (N-methyl/N-ethyl adjacent to an activating group) is 2. The first-order valence-electron chi connectivity index (χ1n) is 4.27. The van der Waals surface area contributed by atoms with Gasteiger partial charge in [-0.2, -0.15) is 0 Å². The summed E-state index contributed by atoms with van der Waals surface area (Å²) in [7, 11) is 1.53. The van der Waals surface area contributed by atoms with Crippen LogP contribution in [0.25, 0.3) is 0 Å². The summed E-state index contributed by atoms with van der Waals surface area (Å²) < 4.78 is 0. The highest BCUT2D eigenvalue weighted by molar-refractivity contribution is 5.87. The van der Waals surface area contributed by atoms with E-state index in [2.05, 4.69) is 5.32 Å². The van der Waals surface area contributed by atoms with Gasteiger partial charge in [0, 0.05) is 13.6 Å². The van der Waals surface area contributed by atoms with Crippen molar-refractivity contribution in [2.24, 2.45) is 5.73 Å². The molecule has 0 aliphatic carbocycles. The van der Waals surface area contributed by atoms with Gasteiger partial charge < -0.3 is 16.0 Å². The van der Waals surface area contributed by atoms with E-state index in [1.807, 2.05) is 6.92 Å². The Bertz CT molecular complexity index is 192. The van der Waals surface area contributed by atoms with Crippen molar-refractivity contribution in [3.8, 4) is 0 Å². The van der Waals surface area contributed by atoms with Gasteiger partial charge in [0.1, 0.15) is 0 Å². The first kappa shape index (κ1) is 11.9. The molecule has 1 atom stereocenters. The average Bonchev–Trinajstić information content (AvgIpc) is 2.12. The van der Waals surface area contributed by atoms with Crippen molar-refractivity contribution in [1.29, 1.82) is 0 Å². The van der Waals surface area contributed by atoms with Gasteiger partial charge >= 0.3 is 0 Å². The number of amides is 2. The Morgan fingerprint density at radius 2 is 2.08 bits per heavy atom. The molecule has 0 aliphatic heterocycles.